The van der Waals surface area contributed by atoms with E-state index >= 15 is 0 Å². The van der Waals surface area contributed by atoms with Crippen molar-refractivity contribution in [2.75, 3.05) is 0 Å². The molecule has 26 rings (SSSR count). The highest BCUT2D eigenvalue weighted by Gasteiger charge is 2.24. The number of pyridine rings is 2. The summed E-state index contributed by atoms with van der Waals surface area (Å²) in [4.78, 5) is 9.34. The molecule has 5 heterocycles. The Bertz CT molecular complexity index is 8670. The number of aromatic nitrogens is 4. The van der Waals surface area contributed by atoms with Gasteiger partial charge in [-0.25, -0.2) is 0 Å². The maximum absolute atomic E-state index is 6.47. The van der Waals surface area contributed by atoms with Crippen molar-refractivity contribution in [1.82, 2.24) is 19.1 Å². The van der Waals surface area contributed by atoms with Crippen molar-refractivity contribution in [1.29, 1.82) is 0 Å². The highest BCUT2D eigenvalue weighted by molar-refractivity contribution is 6.24. The molecule has 0 saturated heterocycles. The molecule has 0 fully saturated rings. The second-order valence-electron chi connectivity index (χ2n) is 33.2. The lowest BCUT2D eigenvalue weighted by Crippen LogP contribution is -1.95. The summed E-state index contributed by atoms with van der Waals surface area (Å²) in [6.45, 7) is 0. The fourth-order valence-corrected chi connectivity index (χ4v) is 20.2. The molecule has 0 radical (unpaired) electrons. The first-order chi connectivity index (χ1) is 64.0. The van der Waals surface area contributed by atoms with Crippen LogP contribution in [-0.2, 0) is 0 Å². The fourth-order valence-electron chi connectivity index (χ4n) is 20.2. The average molecular weight is 1640 g/mol. The van der Waals surface area contributed by atoms with Gasteiger partial charge < -0.3 is 13.6 Å². The number of hydrogen-bond acceptors (Lipinski definition) is 3. The third-order valence-electron chi connectivity index (χ3n) is 26.0. The summed E-state index contributed by atoms with van der Waals surface area (Å²) in [7, 11) is 0. The first-order valence-electron chi connectivity index (χ1n) is 44.1. The zero-order chi connectivity index (χ0) is 85.2. The Hall–Kier alpha value is -17.1. The highest BCUT2D eigenvalue weighted by atomic mass is 16.3. The van der Waals surface area contributed by atoms with Crippen molar-refractivity contribution >= 4 is 130 Å². The average Bonchev–Trinajstić information content (AvgIpc) is 1.61. The molecule has 0 saturated carbocycles. The Labute approximate surface area is 745 Å². The summed E-state index contributed by atoms with van der Waals surface area (Å²) < 4.78 is 11.3. The predicted molar refractivity (Wildman–Crippen MR) is 545 cm³/mol. The summed E-state index contributed by atoms with van der Waals surface area (Å²) in [6, 6.07) is 170. The molecule has 0 bridgehead atoms. The molecule has 5 heteroatoms. The molecule has 0 unspecified atom stereocenters. The molecule has 0 aliphatic heterocycles. The Morgan fingerprint density at radius 1 is 0.163 bits per heavy atom. The molecule has 5 nitrogen and oxygen atoms in total. The molecule has 26 aromatic rings. The molecule has 0 N–H and O–H groups in total. The summed E-state index contributed by atoms with van der Waals surface area (Å²) in [6.07, 6.45) is 3.75. The van der Waals surface area contributed by atoms with Crippen LogP contribution in [0.4, 0.5) is 0 Å². The molecule has 0 aliphatic carbocycles. The minimum Gasteiger partial charge on any atom is -0.455 e. The summed E-state index contributed by atoms with van der Waals surface area (Å²) in [5, 5.41) is 19.6. The quantitative estimate of drug-likeness (QED) is 0.0958. The molecular formula is C124H80N4O. The molecule has 5 aromatic heterocycles. The number of para-hydroxylation sites is 5. The van der Waals surface area contributed by atoms with E-state index in [2.05, 4.69) is 468 Å². The summed E-state index contributed by atoms with van der Waals surface area (Å²) in [5.74, 6) is 0. The molecule has 0 aliphatic rings. The van der Waals surface area contributed by atoms with E-state index in [9.17, 15) is 0 Å². The number of nitrogens with zero attached hydrogens (tertiary/aromatic N) is 4. The van der Waals surface area contributed by atoms with Gasteiger partial charge in [-0.15, -0.1) is 0 Å². The minimum atomic E-state index is 0.912. The van der Waals surface area contributed by atoms with Crippen LogP contribution < -0.4 is 0 Å². The minimum absolute atomic E-state index is 0.912. The summed E-state index contributed by atoms with van der Waals surface area (Å²) in [5.41, 5.74) is 32.7. The molecular weight excluding hydrogens is 1560 g/mol. The van der Waals surface area contributed by atoms with E-state index in [1.807, 2.05) is 36.7 Å². The Kier molecular flexibility index (Phi) is 18.9. The van der Waals surface area contributed by atoms with E-state index in [1.165, 1.54) is 181 Å². The normalized spacial score (nSPS) is 11.6. The molecule has 21 aromatic carbocycles. The first kappa shape index (κ1) is 75.6. The number of rotatable bonds is 11. The van der Waals surface area contributed by atoms with Gasteiger partial charge in [0.2, 0.25) is 0 Å². The Morgan fingerprint density at radius 3 is 0.977 bits per heavy atom. The van der Waals surface area contributed by atoms with Gasteiger partial charge >= 0.3 is 0 Å². The third-order valence-corrected chi connectivity index (χ3v) is 26.0. The topological polar surface area (TPSA) is 48.8 Å². The van der Waals surface area contributed by atoms with Gasteiger partial charge in [0.05, 0.1) is 33.1 Å². The molecule has 602 valence electrons. The van der Waals surface area contributed by atoms with Crippen LogP contribution in [0.15, 0.2) is 490 Å². The van der Waals surface area contributed by atoms with Crippen LogP contribution in [-0.4, -0.2) is 19.1 Å². The summed E-state index contributed by atoms with van der Waals surface area (Å²) >= 11 is 0. The molecule has 0 spiro atoms. The van der Waals surface area contributed by atoms with E-state index < -0.39 is 0 Å². The fraction of sp³-hybridized carbons (Fsp3) is 0. The predicted octanol–water partition coefficient (Wildman–Crippen LogP) is 33.9. The number of furan rings is 1. The van der Waals surface area contributed by atoms with E-state index in [4.69, 9.17) is 4.42 Å². The van der Waals surface area contributed by atoms with Gasteiger partial charge in [-0.3, -0.25) is 9.97 Å². The second kappa shape index (κ2) is 32.2. The molecule has 0 atom stereocenters. The van der Waals surface area contributed by atoms with E-state index in [0.29, 0.717) is 0 Å². The number of hydrogen-bond donors (Lipinski definition) is 0. The molecule has 0 amide bonds. The maximum Gasteiger partial charge on any atom is 0.143 e. The number of benzene rings is 21. The lowest BCUT2D eigenvalue weighted by molar-refractivity contribution is 0.670. The van der Waals surface area contributed by atoms with Gasteiger partial charge in [-0.1, -0.05) is 388 Å². The lowest BCUT2D eigenvalue weighted by atomic mass is 9.85. The van der Waals surface area contributed by atoms with Gasteiger partial charge in [0, 0.05) is 72.4 Å². The largest absolute Gasteiger partial charge is 0.455 e. The zero-order valence-corrected chi connectivity index (χ0v) is 70.4. The van der Waals surface area contributed by atoms with Crippen molar-refractivity contribution in [3.63, 3.8) is 0 Å². The van der Waals surface area contributed by atoms with Crippen LogP contribution in [0.5, 0.6) is 0 Å². The van der Waals surface area contributed by atoms with E-state index in [1.54, 1.807) is 0 Å². The van der Waals surface area contributed by atoms with Gasteiger partial charge in [-0.05, 0) is 223 Å². The van der Waals surface area contributed by atoms with Crippen molar-refractivity contribution in [2.45, 2.75) is 0 Å². The van der Waals surface area contributed by atoms with Crippen LogP contribution >= 0.6 is 0 Å². The second-order valence-corrected chi connectivity index (χ2v) is 33.2. The van der Waals surface area contributed by atoms with Crippen LogP contribution in [0.25, 0.3) is 242 Å². The Morgan fingerprint density at radius 2 is 0.473 bits per heavy atom. The van der Waals surface area contributed by atoms with Crippen molar-refractivity contribution in [2.24, 2.45) is 0 Å². The smallest absolute Gasteiger partial charge is 0.143 e. The van der Waals surface area contributed by atoms with Gasteiger partial charge in [-0.2, -0.15) is 0 Å². The van der Waals surface area contributed by atoms with E-state index in [0.717, 1.165) is 60.6 Å². The van der Waals surface area contributed by atoms with Crippen LogP contribution in [0.3, 0.4) is 0 Å². The lowest BCUT2D eigenvalue weighted by Gasteiger charge is -2.19. The maximum atomic E-state index is 6.47. The van der Waals surface area contributed by atoms with Gasteiger partial charge in [0.25, 0.3) is 0 Å². The highest BCUT2D eigenvalue weighted by Crippen LogP contribution is 2.49. The molecule has 129 heavy (non-hydrogen) atoms. The Balaban J connectivity index is 0.000000115. The van der Waals surface area contributed by atoms with Crippen LogP contribution in [0.2, 0.25) is 0 Å². The van der Waals surface area contributed by atoms with Gasteiger partial charge in [0.1, 0.15) is 11.2 Å². The monoisotopic (exact) mass is 1640 g/mol. The third kappa shape index (κ3) is 13.3. The standard InChI is InChI=1S/C56H35NO.C44H29N.C24H16N2/c1-3-15-36(16-4-1)54-45-23-7-8-24-46(45)55(37-17-5-2-6-18-37)50-34-39(29-31-47(50)54)38-19-13-20-41(33-38)57-51-27-11-9-21-43(51)49-35-40(30-32-52(49)57)42-25-14-26-48-44-22-10-12-28-53(44)58-56(42)48;1-3-13-31(14-4-1)43-36-18-7-9-20-38(36)44(39-21-10-8-19-37(39)43)32-25-23-30(24-26-32)33-27-28-42-40(29-33)35-17-11-12-22-41(35)45(42)34-15-5-2-6-16-34;1-3-7-17(8-4-1)19-13-15-25-23-21(19)11-12-22-20(14-16-26-24(22)23)18-9-5-2-6-10-18/h1-35H;1-29H;1-16H. The SMILES string of the molecule is c1ccc(-c2c3ccccc3c(-c3ccc(-c4ccc5c(c4)c4ccccc4n5-c4ccccc4)cc3)c3ccccc23)cc1.c1ccc(-c2c3ccccc3c(-c3ccccc3)c3cc(-c4cccc(-n5c6ccccc6c6cc(-c7cccc8c7oc7ccccc78)ccc65)c4)ccc23)cc1.c1ccc(-c2ccnc3c2ccc2c(-c4ccccc4)ccnc23)cc1. The van der Waals surface area contributed by atoms with Crippen molar-refractivity contribution in [3.8, 4) is 112 Å². The van der Waals surface area contributed by atoms with Crippen molar-refractivity contribution in [3.05, 3.63) is 486 Å². The van der Waals surface area contributed by atoms with Crippen LogP contribution in [0, 0.1) is 0 Å². The first-order valence-corrected chi connectivity index (χ1v) is 44.1. The van der Waals surface area contributed by atoms with Gasteiger partial charge in [0.15, 0.2) is 0 Å². The van der Waals surface area contributed by atoms with Crippen molar-refractivity contribution < 1.29 is 4.42 Å². The van der Waals surface area contributed by atoms with E-state index in [-0.39, 0.29) is 0 Å². The zero-order valence-electron chi connectivity index (χ0n) is 70.4. The van der Waals surface area contributed by atoms with Crippen LogP contribution in [0.1, 0.15) is 0 Å². The number of fused-ring (bicyclic) bond motifs is 16.